The molecular formula is C32H46N12O13. The minimum absolute atomic E-state index is 0.0209. The Bertz CT molecular complexity index is 1760. The van der Waals surface area contributed by atoms with E-state index in [0.717, 1.165) is 0 Å². The quantitative estimate of drug-likeness (QED) is 0.0459. The van der Waals surface area contributed by atoms with Crippen LogP contribution in [-0.4, -0.2) is 129 Å². The monoisotopic (exact) mass is 806 g/mol. The molecule has 0 unspecified atom stereocenters. The molecule has 0 saturated carbocycles. The molecule has 0 radical (unpaired) electrons. The summed E-state index contributed by atoms with van der Waals surface area (Å²) in [6.07, 6.45) is -4.37. The van der Waals surface area contributed by atoms with E-state index in [0.29, 0.717) is 24.5 Å². The number of hydrogen-bond donors (Lipinski definition) is 0. The second kappa shape index (κ2) is 21.8. The van der Waals surface area contributed by atoms with Crippen LogP contribution in [0.15, 0.2) is 22.6 Å². The maximum atomic E-state index is 11.9. The molecule has 10 atom stereocenters. The molecule has 0 aliphatic carbocycles. The van der Waals surface area contributed by atoms with Gasteiger partial charge in [-0.2, -0.15) is 0 Å². The molecule has 2 aromatic heterocycles. The Labute approximate surface area is 325 Å². The first kappa shape index (κ1) is 44.3. The fraction of sp³-hybridized carbons (Fsp3) is 0.750. The van der Waals surface area contributed by atoms with Gasteiger partial charge in [0.25, 0.3) is 0 Å². The smallest absolute Gasteiger partial charge is 0.303 e. The predicted octanol–water partition coefficient (Wildman–Crippen LogP) is 1.69. The summed E-state index contributed by atoms with van der Waals surface area (Å²) in [6.45, 7) is 9.22. The molecule has 0 N–H and O–H groups in total. The number of ether oxygens (including phenoxy) is 9. The van der Waals surface area contributed by atoms with Crippen LogP contribution in [-0.2, 0) is 88.1 Å². The highest BCUT2D eigenvalue weighted by molar-refractivity contribution is 5.68. The van der Waals surface area contributed by atoms with Gasteiger partial charge in [-0.25, -0.2) is 9.36 Å². The summed E-state index contributed by atoms with van der Waals surface area (Å²) in [7, 11) is 0. The minimum atomic E-state index is -1.17. The predicted molar refractivity (Wildman–Crippen MR) is 186 cm³/mol. The van der Waals surface area contributed by atoms with Crippen LogP contribution in [0.25, 0.3) is 20.9 Å². The summed E-state index contributed by atoms with van der Waals surface area (Å²) >= 11 is 0. The molecule has 2 fully saturated rings. The average Bonchev–Trinajstić information content (AvgIpc) is 3.81. The Hall–Kier alpha value is -5.42. The van der Waals surface area contributed by atoms with Gasteiger partial charge in [-0.1, -0.05) is 34.5 Å². The van der Waals surface area contributed by atoms with Gasteiger partial charge in [-0.05, 0) is 11.1 Å². The van der Waals surface area contributed by atoms with Gasteiger partial charge >= 0.3 is 23.9 Å². The van der Waals surface area contributed by atoms with Crippen LogP contribution in [0.3, 0.4) is 0 Å². The van der Waals surface area contributed by atoms with Crippen molar-refractivity contribution >= 4 is 23.9 Å². The van der Waals surface area contributed by atoms with Gasteiger partial charge in [0.05, 0.1) is 71.1 Å². The number of carbonyl (C=O) groups excluding carboxylic acids is 4. The van der Waals surface area contributed by atoms with Crippen molar-refractivity contribution in [2.24, 2.45) is 22.1 Å². The Morgan fingerprint density at radius 2 is 1.11 bits per heavy atom. The van der Waals surface area contributed by atoms with Gasteiger partial charge in [-0.3, -0.25) is 19.2 Å². The van der Waals surface area contributed by atoms with Crippen LogP contribution in [0, 0.1) is 11.8 Å². The lowest BCUT2D eigenvalue weighted by molar-refractivity contribution is -0.291. The molecular weight excluding hydrogens is 760 g/mol. The molecule has 25 nitrogen and oxygen atoms in total. The summed E-state index contributed by atoms with van der Waals surface area (Å²) in [4.78, 5) is 53.0. The van der Waals surface area contributed by atoms with Crippen LogP contribution >= 0.6 is 0 Å². The number of esters is 4. The normalized spacial score (nSPS) is 27.0. The summed E-state index contributed by atoms with van der Waals surface area (Å²) in [5.74, 6) is -3.50. The molecule has 2 aliphatic rings. The summed E-state index contributed by atoms with van der Waals surface area (Å²) in [5, 5.41) is 23.5. The second-order valence-corrected chi connectivity index (χ2v) is 13.1. The van der Waals surface area contributed by atoms with E-state index in [9.17, 15) is 19.2 Å². The van der Waals surface area contributed by atoms with Crippen LogP contribution < -0.4 is 0 Å². The van der Waals surface area contributed by atoms with E-state index in [2.05, 4.69) is 40.7 Å². The van der Waals surface area contributed by atoms with Crippen LogP contribution in [0.2, 0.25) is 0 Å². The van der Waals surface area contributed by atoms with Crippen molar-refractivity contribution in [1.29, 1.82) is 0 Å². The number of azide groups is 2. The molecule has 2 aromatic rings. The van der Waals surface area contributed by atoms with Gasteiger partial charge < -0.3 is 42.6 Å². The molecule has 4 heterocycles. The zero-order valence-corrected chi connectivity index (χ0v) is 32.3. The molecule has 0 aromatic carbocycles. The topological polar surface area (TPSA) is 310 Å². The molecule has 0 amide bonds. The standard InChI is InChI=1S/C32H46N12O13/c1-17-25(11-35-39-33)56-32(30(55-22(6)48)27(17)52-19(3)45)51-16-24-14-44(42-38-24)8-10-49-9-7-43-13-23(37-41-43)15-50-31-18(2)28(53-20(4)46)29(54-21(5)47)26(57-31)12-36-40-34/h13-14,17-18,25-32H,7-12,15-16H2,1-6H3/t17-,18+,25-,26-,27+,28-,29-,30+,31+,32+/m1/s1. The van der Waals surface area contributed by atoms with Crippen molar-refractivity contribution in [1.82, 2.24) is 30.0 Å². The highest BCUT2D eigenvalue weighted by Gasteiger charge is 2.49. The second-order valence-electron chi connectivity index (χ2n) is 13.1. The summed E-state index contributed by atoms with van der Waals surface area (Å²) in [5.41, 5.74) is 18.5. The Morgan fingerprint density at radius 3 is 1.61 bits per heavy atom. The first-order valence-corrected chi connectivity index (χ1v) is 17.9. The molecule has 2 aliphatic heterocycles. The molecule has 25 heteroatoms. The van der Waals surface area contributed by atoms with Crippen LogP contribution in [0.5, 0.6) is 0 Å². The third kappa shape index (κ3) is 13.3. The highest BCUT2D eigenvalue weighted by atomic mass is 16.7. The van der Waals surface area contributed by atoms with E-state index in [1.54, 1.807) is 35.6 Å². The van der Waals surface area contributed by atoms with E-state index in [1.165, 1.54) is 27.7 Å². The van der Waals surface area contributed by atoms with Crippen molar-refractivity contribution in [2.75, 3.05) is 26.3 Å². The lowest BCUT2D eigenvalue weighted by Gasteiger charge is -2.43. The third-order valence-electron chi connectivity index (χ3n) is 8.70. The number of carbonyl (C=O) groups is 4. The number of aromatic nitrogens is 6. The first-order valence-electron chi connectivity index (χ1n) is 17.9. The van der Waals surface area contributed by atoms with E-state index in [1.807, 2.05) is 0 Å². The van der Waals surface area contributed by atoms with Gasteiger partial charge in [0.1, 0.15) is 29.7 Å². The first-order chi connectivity index (χ1) is 27.3. The van der Waals surface area contributed by atoms with Crippen LogP contribution in [0.4, 0.5) is 0 Å². The molecule has 4 rings (SSSR count). The van der Waals surface area contributed by atoms with Crippen molar-refractivity contribution in [3.05, 3.63) is 44.7 Å². The lowest BCUT2D eigenvalue weighted by atomic mass is 9.90. The van der Waals surface area contributed by atoms with Crippen molar-refractivity contribution in [3.8, 4) is 0 Å². The molecule has 0 spiro atoms. The fourth-order valence-electron chi connectivity index (χ4n) is 6.16. The molecule has 312 valence electrons. The summed E-state index contributed by atoms with van der Waals surface area (Å²) < 4.78 is 54.5. The number of hydrogen-bond acceptors (Lipinski definition) is 19. The number of nitrogens with zero attached hydrogens (tertiary/aromatic N) is 12. The van der Waals surface area contributed by atoms with Gasteiger partial charge in [0, 0.05) is 49.4 Å². The van der Waals surface area contributed by atoms with Crippen LogP contribution in [0.1, 0.15) is 52.9 Å². The maximum absolute atomic E-state index is 11.9. The number of rotatable bonds is 20. The zero-order valence-electron chi connectivity index (χ0n) is 32.3. The fourth-order valence-corrected chi connectivity index (χ4v) is 6.16. The minimum Gasteiger partial charge on any atom is -0.458 e. The third-order valence-corrected chi connectivity index (χ3v) is 8.70. The largest absolute Gasteiger partial charge is 0.458 e. The molecule has 57 heavy (non-hydrogen) atoms. The highest BCUT2D eigenvalue weighted by Crippen LogP contribution is 2.33. The van der Waals surface area contributed by atoms with Crippen molar-refractivity contribution in [3.63, 3.8) is 0 Å². The van der Waals surface area contributed by atoms with Crippen molar-refractivity contribution in [2.45, 2.75) is 117 Å². The summed E-state index contributed by atoms with van der Waals surface area (Å²) in [6, 6.07) is 0. The van der Waals surface area contributed by atoms with E-state index < -0.39 is 84.9 Å². The zero-order chi connectivity index (χ0) is 41.5. The Morgan fingerprint density at radius 1 is 0.667 bits per heavy atom. The van der Waals surface area contributed by atoms with E-state index >= 15 is 0 Å². The van der Waals surface area contributed by atoms with E-state index in [4.69, 9.17) is 53.7 Å². The van der Waals surface area contributed by atoms with E-state index in [-0.39, 0.29) is 39.5 Å². The Kier molecular flexibility index (Phi) is 16.9. The average molecular weight is 807 g/mol. The molecule has 0 bridgehead atoms. The Balaban J connectivity index is 1.24. The SMILES string of the molecule is CC(=O)O[C@@H]1[C@@H](OCc2cn(CCOCCn3cc(CO[C@H]4O[C@H](CN=[N+]=[N-])[C@@H](OC(C)=O)[C@H](OC(C)=O)[C@@H]4C)nn3)nn2)O[C@H](CN=[N+]=[N-])[C@@H](C)[C@@H]1OC(C)=O. The maximum Gasteiger partial charge on any atom is 0.303 e. The molecule has 2 saturated heterocycles. The van der Waals surface area contributed by atoms with Crippen molar-refractivity contribution < 1.29 is 61.8 Å². The van der Waals surface area contributed by atoms with Gasteiger partial charge in [0.2, 0.25) is 0 Å². The van der Waals surface area contributed by atoms with Gasteiger partial charge in [0.15, 0.2) is 24.8 Å². The van der Waals surface area contributed by atoms with Gasteiger partial charge in [-0.15, -0.1) is 10.2 Å². The lowest BCUT2D eigenvalue weighted by Crippen LogP contribution is -2.58.